The highest BCUT2D eigenvalue weighted by Gasteiger charge is 2.17. The highest BCUT2D eigenvalue weighted by atomic mass is 16.3. The highest BCUT2D eigenvalue weighted by Crippen LogP contribution is 2.16. The van der Waals surface area contributed by atoms with Crippen molar-refractivity contribution >= 4 is 5.91 Å². The summed E-state index contributed by atoms with van der Waals surface area (Å²) in [5.74, 6) is -0.0800. The van der Waals surface area contributed by atoms with Crippen LogP contribution in [-0.4, -0.2) is 34.9 Å². The van der Waals surface area contributed by atoms with Crippen molar-refractivity contribution in [1.82, 2.24) is 5.32 Å². The molecule has 0 aliphatic rings. The van der Waals surface area contributed by atoms with Crippen molar-refractivity contribution in [3.8, 4) is 0 Å². The van der Waals surface area contributed by atoms with Crippen LogP contribution in [-0.2, 0) is 4.79 Å². The van der Waals surface area contributed by atoms with Gasteiger partial charge in [0.15, 0.2) is 0 Å². The minimum atomic E-state index is -0.867. The quantitative estimate of drug-likeness (QED) is 0.0431. The summed E-state index contributed by atoms with van der Waals surface area (Å²) in [7, 11) is 0. The first-order valence-corrected chi connectivity index (χ1v) is 23.3. The Morgan fingerprint density at radius 3 is 1.21 bits per heavy atom. The zero-order valence-electron chi connectivity index (χ0n) is 35.5. The molecule has 0 aromatic heterocycles. The molecule has 0 saturated heterocycles. The van der Waals surface area contributed by atoms with Gasteiger partial charge >= 0.3 is 0 Å². The fourth-order valence-electron chi connectivity index (χ4n) is 7.04. The fraction of sp³-hybridized carbons (Fsp3) is 0.816. The molecule has 1 amide bonds. The number of nitrogens with one attached hydrogen (secondary N) is 1. The van der Waals surface area contributed by atoms with E-state index in [2.05, 4.69) is 48.7 Å². The average molecular weight is 742 g/mol. The minimum Gasteiger partial charge on any atom is -0.394 e. The van der Waals surface area contributed by atoms with Gasteiger partial charge in [-0.05, 0) is 64.7 Å². The average Bonchev–Trinajstić information content (AvgIpc) is 3.16. The van der Waals surface area contributed by atoms with E-state index in [-0.39, 0.29) is 12.5 Å². The molecule has 2 atom stereocenters. The normalized spacial score (nSPS) is 13.4. The van der Waals surface area contributed by atoms with Gasteiger partial charge in [0.05, 0.1) is 18.8 Å². The van der Waals surface area contributed by atoms with Crippen LogP contribution in [0.1, 0.15) is 239 Å². The smallest absolute Gasteiger partial charge is 0.220 e. The molecule has 4 heteroatoms. The van der Waals surface area contributed by atoms with E-state index in [1.807, 2.05) is 13.0 Å². The van der Waals surface area contributed by atoms with E-state index >= 15 is 0 Å². The van der Waals surface area contributed by atoms with Gasteiger partial charge < -0.3 is 15.5 Å². The second-order valence-corrected chi connectivity index (χ2v) is 15.8. The molecule has 0 aromatic rings. The Hall–Kier alpha value is -1.65. The van der Waals surface area contributed by atoms with E-state index in [1.54, 1.807) is 6.08 Å². The fourth-order valence-corrected chi connectivity index (χ4v) is 7.04. The van der Waals surface area contributed by atoms with E-state index in [4.69, 9.17) is 0 Å². The first kappa shape index (κ1) is 51.4. The molecule has 3 N–H and O–H groups in total. The molecule has 0 rings (SSSR count). The van der Waals surface area contributed by atoms with Gasteiger partial charge in [0.2, 0.25) is 5.91 Å². The number of aliphatic hydroxyl groups excluding tert-OH is 2. The summed E-state index contributed by atoms with van der Waals surface area (Å²) < 4.78 is 0. The molecule has 0 heterocycles. The van der Waals surface area contributed by atoms with Gasteiger partial charge in [-0.2, -0.15) is 0 Å². The van der Waals surface area contributed by atoms with Gasteiger partial charge in [-0.15, -0.1) is 0 Å². The van der Waals surface area contributed by atoms with Crippen molar-refractivity contribution in [3.63, 3.8) is 0 Å². The third-order valence-corrected chi connectivity index (χ3v) is 10.6. The van der Waals surface area contributed by atoms with Gasteiger partial charge in [-0.25, -0.2) is 0 Å². The number of carbonyl (C=O) groups is 1. The van der Waals surface area contributed by atoms with Crippen LogP contribution in [0.15, 0.2) is 48.6 Å². The summed E-state index contributed by atoms with van der Waals surface area (Å²) in [5.41, 5.74) is 0. The Balaban J connectivity index is 3.41. The lowest BCUT2D eigenvalue weighted by Gasteiger charge is -2.19. The van der Waals surface area contributed by atoms with E-state index < -0.39 is 12.1 Å². The maximum absolute atomic E-state index is 12.3. The minimum absolute atomic E-state index is 0.0800. The lowest BCUT2D eigenvalue weighted by atomic mass is 10.0. The molecule has 0 bridgehead atoms. The van der Waals surface area contributed by atoms with E-state index in [9.17, 15) is 15.0 Å². The van der Waals surface area contributed by atoms with Crippen LogP contribution in [0.4, 0.5) is 0 Å². The number of allylic oxidation sites excluding steroid dienone is 7. The summed E-state index contributed by atoms with van der Waals surface area (Å²) in [6, 6.07) is -0.642. The summed E-state index contributed by atoms with van der Waals surface area (Å²) in [6.07, 6.45) is 61.3. The first-order chi connectivity index (χ1) is 26.2. The van der Waals surface area contributed by atoms with Crippen molar-refractivity contribution < 1.29 is 15.0 Å². The molecule has 4 nitrogen and oxygen atoms in total. The second-order valence-electron chi connectivity index (χ2n) is 15.8. The number of hydrogen-bond donors (Lipinski definition) is 3. The highest BCUT2D eigenvalue weighted by molar-refractivity contribution is 5.76. The molecule has 0 aliphatic carbocycles. The van der Waals surface area contributed by atoms with Crippen molar-refractivity contribution in [2.24, 2.45) is 0 Å². The molecule has 53 heavy (non-hydrogen) atoms. The van der Waals surface area contributed by atoms with Crippen LogP contribution in [0.25, 0.3) is 0 Å². The lowest BCUT2D eigenvalue weighted by molar-refractivity contribution is -0.123. The predicted octanol–water partition coefficient (Wildman–Crippen LogP) is 14.7. The largest absolute Gasteiger partial charge is 0.394 e. The zero-order valence-corrected chi connectivity index (χ0v) is 35.5. The topological polar surface area (TPSA) is 69.6 Å². The molecule has 310 valence electrons. The standard InChI is InChI=1S/C49H91NO3/c1-3-5-7-9-11-13-14-15-16-17-18-19-20-21-22-23-24-25-26-27-28-29-30-31-32-33-34-35-37-39-41-43-45-49(53)50-47(46-51)48(52)44-42-40-38-36-12-10-8-6-4-2/h4,6,12,21-22,36,42,44,47-48,51-52H,3,5,7-11,13-20,23-35,37-41,43,45-46H2,1-2H3,(H,50,53)/b6-4+,22-21-,36-12+,44-42+. The number of aliphatic hydroxyl groups is 2. The predicted molar refractivity (Wildman–Crippen MR) is 235 cm³/mol. The van der Waals surface area contributed by atoms with Crippen molar-refractivity contribution in [1.29, 1.82) is 0 Å². The summed E-state index contributed by atoms with van der Waals surface area (Å²) in [5, 5.41) is 22.8. The molecule has 0 aliphatic heterocycles. The summed E-state index contributed by atoms with van der Waals surface area (Å²) in [6.45, 7) is 4.07. The van der Waals surface area contributed by atoms with Crippen LogP contribution in [0.5, 0.6) is 0 Å². The van der Waals surface area contributed by atoms with Gasteiger partial charge in [0, 0.05) is 6.42 Å². The van der Waals surface area contributed by atoms with Crippen LogP contribution >= 0.6 is 0 Å². The number of unbranched alkanes of at least 4 members (excludes halogenated alkanes) is 30. The summed E-state index contributed by atoms with van der Waals surface area (Å²) in [4.78, 5) is 12.3. The number of amides is 1. The van der Waals surface area contributed by atoms with E-state index in [0.29, 0.717) is 6.42 Å². The number of carbonyl (C=O) groups excluding carboxylic acids is 1. The van der Waals surface area contributed by atoms with Crippen LogP contribution in [0.3, 0.4) is 0 Å². The summed E-state index contributed by atoms with van der Waals surface area (Å²) >= 11 is 0. The Morgan fingerprint density at radius 2 is 0.811 bits per heavy atom. The Bertz CT molecular complexity index is 847. The Morgan fingerprint density at radius 1 is 0.472 bits per heavy atom. The van der Waals surface area contributed by atoms with Crippen LogP contribution in [0.2, 0.25) is 0 Å². The second kappa shape index (κ2) is 44.7. The molecule has 0 radical (unpaired) electrons. The van der Waals surface area contributed by atoms with E-state index in [0.717, 1.165) is 38.5 Å². The van der Waals surface area contributed by atoms with Crippen molar-refractivity contribution in [2.45, 2.75) is 251 Å². The molecular formula is C49H91NO3. The van der Waals surface area contributed by atoms with Gasteiger partial charge in [0.1, 0.15) is 0 Å². The molecule has 2 unspecified atom stereocenters. The van der Waals surface area contributed by atoms with Gasteiger partial charge in [-0.3, -0.25) is 4.79 Å². The molecule has 0 saturated carbocycles. The number of rotatable bonds is 42. The molecule has 0 fully saturated rings. The van der Waals surface area contributed by atoms with Crippen molar-refractivity contribution in [3.05, 3.63) is 48.6 Å². The first-order valence-electron chi connectivity index (χ1n) is 23.3. The molecular weight excluding hydrogens is 651 g/mol. The maximum Gasteiger partial charge on any atom is 0.220 e. The van der Waals surface area contributed by atoms with Gasteiger partial charge in [0.25, 0.3) is 0 Å². The van der Waals surface area contributed by atoms with E-state index in [1.165, 1.54) is 180 Å². The molecule has 0 spiro atoms. The Kier molecular flexibility index (Phi) is 43.4. The lowest BCUT2D eigenvalue weighted by Crippen LogP contribution is -2.45. The van der Waals surface area contributed by atoms with Crippen molar-refractivity contribution in [2.75, 3.05) is 6.61 Å². The SMILES string of the molecule is C/C=C/CC/C=C/CC/C=C/C(O)C(CO)NC(=O)CCCCCCCCCCCCCCCCCC/C=C\CCCCCCCCCCCCCC. The molecule has 0 aromatic carbocycles. The number of hydrogen-bond acceptors (Lipinski definition) is 3. The Labute approximate surface area is 331 Å². The third kappa shape index (κ3) is 41.4. The third-order valence-electron chi connectivity index (χ3n) is 10.6. The van der Waals surface area contributed by atoms with Crippen LogP contribution < -0.4 is 5.32 Å². The monoisotopic (exact) mass is 742 g/mol. The zero-order chi connectivity index (χ0) is 38.6. The maximum atomic E-state index is 12.3. The van der Waals surface area contributed by atoms with Crippen LogP contribution in [0, 0.1) is 0 Å². The van der Waals surface area contributed by atoms with Gasteiger partial charge in [-0.1, -0.05) is 216 Å².